The largest absolute Gasteiger partial charge is 0.363 e. The Balaban J connectivity index is 1.59. The third kappa shape index (κ3) is 3.54. The number of fused-ring (bicyclic) bond motifs is 2. The standard InChI is InChI=1S/C20H16N4O3S2/c1-10(28-20-24-23-19(21-2)29-20)18(27)22-14-9-5-8-13-15(14)17(26)12-7-4-3-6-11(12)16(13)25/h3-10H,1-2H3,(H,21,23)(H,22,27). The predicted molar refractivity (Wildman–Crippen MR) is 113 cm³/mol. The Labute approximate surface area is 174 Å². The number of carbonyl (C=O) groups is 3. The normalized spacial score (nSPS) is 13.4. The summed E-state index contributed by atoms with van der Waals surface area (Å²) in [5, 5.41) is 13.9. The second-order valence-electron chi connectivity index (χ2n) is 6.30. The molecule has 1 aliphatic carbocycles. The summed E-state index contributed by atoms with van der Waals surface area (Å²) in [6, 6.07) is 11.6. The van der Waals surface area contributed by atoms with E-state index in [1.165, 1.54) is 23.1 Å². The number of nitrogens with zero attached hydrogens (tertiary/aromatic N) is 2. The van der Waals surface area contributed by atoms with E-state index in [1.807, 2.05) is 0 Å². The van der Waals surface area contributed by atoms with E-state index >= 15 is 0 Å². The van der Waals surface area contributed by atoms with Gasteiger partial charge in [0.2, 0.25) is 11.0 Å². The van der Waals surface area contributed by atoms with Gasteiger partial charge in [0.15, 0.2) is 15.9 Å². The Morgan fingerprint density at radius 3 is 2.38 bits per heavy atom. The Kier molecular flexibility index (Phi) is 5.16. The minimum atomic E-state index is -0.467. The molecule has 1 amide bonds. The Morgan fingerprint density at radius 1 is 1.00 bits per heavy atom. The molecule has 0 fully saturated rings. The summed E-state index contributed by atoms with van der Waals surface area (Å²) in [6.45, 7) is 1.75. The van der Waals surface area contributed by atoms with Crippen LogP contribution in [0.3, 0.4) is 0 Å². The maximum absolute atomic E-state index is 13.0. The molecule has 146 valence electrons. The molecule has 2 N–H and O–H groups in total. The van der Waals surface area contributed by atoms with Gasteiger partial charge in [-0.15, -0.1) is 10.2 Å². The topological polar surface area (TPSA) is 101 Å². The molecule has 0 aliphatic heterocycles. The van der Waals surface area contributed by atoms with Crippen molar-refractivity contribution in [1.29, 1.82) is 0 Å². The van der Waals surface area contributed by atoms with Crippen LogP contribution >= 0.6 is 23.1 Å². The lowest BCUT2D eigenvalue weighted by molar-refractivity contribution is -0.115. The fraction of sp³-hybridized carbons (Fsp3) is 0.150. The zero-order chi connectivity index (χ0) is 20.5. The molecule has 4 rings (SSSR count). The van der Waals surface area contributed by atoms with E-state index in [2.05, 4.69) is 20.8 Å². The lowest BCUT2D eigenvalue weighted by Gasteiger charge is -2.21. The van der Waals surface area contributed by atoms with Crippen LogP contribution in [0, 0.1) is 0 Å². The molecule has 0 spiro atoms. The van der Waals surface area contributed by atoms with Crippen LogP contribution in [0.15, 0.2) is 46.8 Å². The Morgan fingerprint density at radius 2 is 1.69 bits per heavy atom. The summed E-state index contributed by atoms with van der Waals surface area (Å²) in [4.78, 5) is 38.6. The number of rotatable bonds is 5. The zero-order valence-electron chi connectivity index (χ0n) is 15.6. The summed E-state index contributed by atoms with van der Waals surface area (Å²) in [6.07, 6.45) is 0. The van der Waals surface area contributed by atoms with Crippen molar-refractivity contribution in [1.82, 2.24) is 10.2 Å². The van der Waals surface area contributed by atoms with E-state index in [-0.39, 0.29) is 23.0 Å². The van der Waals surface area contributed by atoms with Crippen LogP contribution in [0.2, 0.25) is 0 Å². The average molecular weight is 425 g/mol. The van der Waals surface area contributed by atoms with Crippen molar-refractivity contribution in [3.8, 4) is 0 Å². The number of aromatic nitrogens is 2. The molecule has 1 aromatic heterocycles. The molecule has 3 aromatic rings. The molecule has 9 heteroatoms. The molecular weight excluding hydrogens is 408 g/mol. The van der Waals surface area contributed by atoms with E-state index in [1.54, 1.807) is 56.4 Å². The number of amides is 1. The zero-order valence-corrected chi connectivity index (χ0v) is 17.2. The molecule has 2 aromatic carbocycles. The fourth-order valence-corrected chi connectivity index (χ4v) is 4.90. The molecule has 29 heavy (non-hydrogen) atoms. The Hall–Kier alpha value is -3.04. The van der Waals surface area contributed by atoms with Crippen molar-refractivity contribution < 1.29 is 14.4 Å². The molecule has 1 atom stereocenters. The maximum Gasteiger partial charge on any atom is 0.237 e. The molecule has 1 unspecified atom stereocenters. The van der Waals surface area contributed by atoms with E-state index < -0.39 is 5.25 Å². The lowest BCUT2D eigenvalue weighted by atomic mass is 9.83. The van der Waals surface area contributed by atoms with Gasteiger partial charge in [-0.1, -0.05) is 59.5 Å². The number of carbonyl (C=O) groups excluding carboxylic acids is 3. The van der Waals surface area contributed by atoms with Crippen molar-refractivity contribution in [2.75, 3.05) is 17.7 Å². The van der Waals surface area contributed by atoms with Crippen molar-refractivity contribution in [2.24, 2.45) is 0 Å². The molecular formula is C20H16N4O3S2. The first-order valence-corrected chi connectivity index (χ1v) is 10.5. The highest BCUT2D eigenvalue weighted by atomic mass is 32.2. The van der Waals surface area contributed by atoms with Crippen LogP contribution in [0.5, 0.6) is 0 Å². The first-order chi connectivity index (χ1) is 14.0. The van der Waals surface area contributed by atoms with E-state index in [0.717, 1.165) is 0 Å². The summed E-state index contributed by atoms with van der Waals surface area (Å²) in [5.74, 6) is -0.778. The van der Waals surface area contributed by atoms with Gasteiger partial charge in [0.1, 0.15) is 0 Å². The van der Waals surface area contributed by atoms with Crippen LogP contribution in [0.1, 0.15) is 38.8 Å². The van der Waals surface area contributed by atoms with Crippen molar-refractivity contribution >= 4 is 51.4 Å². The van der Waals surface area contributed by atoms with Gasteiger partial charge in [0.25, 0.3) is 0 Å². The van der Waals surface area contributed by atoms with Gasteiger partial charge in [-0.3, -0.25) is 14.4 Å². The third-order valence-corrected chi connectivity index (χ3v) is 6.60. The van der Waals surface area contributed by atoms with Crippen LogP contribution in [0.4, 0.5) is 10.8 Å². The quantitative estimate of drug-likeness (QED) is 0.473. The van der Waals surface area contributed by atoms with Gasteiger partial charge in [0.05, 0.1) is 16.5 Å². The highest BCUT2D eigenvalue weighted by Gasteiger charge is 2.32. The molecule has 0 saturated heterocycles. The minimum Gasteiger partial charge on any atom is -0.363 e. The molecule has 0 radical (unpaired) electrons. The number of anilines is 2. The highest BCUT2D eigenvalue weighted by molar-refractivity contribution is 8.02. The summed E-state index contributed by atoms with van der Waals surface area (Å²) in [5.41, 5.74) is 1.60. The van der Waals surface area contributed by atoms with Gasteiger partial charge in [0, 0.05) is 23.7 Å². The first kappa shape index (κ1) is 19.3. The highest BCUT2D eigenvalue weighted by Crippen LogP contribution is 2.33. The van der Waals surface area contributed by atoms with Gasteiger partial charge in [-0.2, -0.15) is 0 Å². The molecule has 0 saturated carbocycles. The van der Waals surface area contributed by atoms with Gasteiger partial charge < -0.3 is 10.6 Å². The number of thioether (sulfide) groups is 1. The van der Waals surface area contributed by atoms with Crippen LogP contribution in [-0.2, 0) is 4.79 Å². The summed E-state index contributed by atoms with van der Waals surface area (Å²) >= 11 is 2.63. The van der Waals surface area contributed by atoms with Gasteiger partial charge in [-0.25, -0.2) is 0 Å². The molecule has 7 nitrogen and oxygen atoms in total. The number of ketones is 2. The van der Waals surface area contributed by atoms with Crippen molar-refractivity contribution in [2.45, 2.75) is 16.5 Å². The molecule has 1 heterocycles. The number of nitrogens with one attached hydrogen (secondary N) is 2. The summed E-state index contributed by atoms with van der Waals surface area (Å²) < 4.78 is 0.660. The number of hydrogen-bond donors (Lipinski definition) is 2. The summed E-state index contributed by atoms with van der Waals surface area (Å²) in [7, 11) is 1.75. The smallest absolute Gasteiger partial charge is 0.237 e. The van der Waals surface area contributed by atoms with Gasteiger partial charge in [-0.05, 0) is 13.0 Å². The predicted octanol–water partition coefficient (Wildman–Crippen LogP) is 3.47. The third-order valence-electron chi connectivity index (χ3n) is 4.48. The lowest BCUT2D eigenvalue weighted by Crippen LogP contribution is -2.27. The van der Waals surface area contributed by atoms with E-state index in [4.69, 9.17) is 0 Å². The molecule has 0 bridgehead atoms. The van der Waals surface area contributed by atoms with Crippen LogP contribution in [-0.4, -0.2) is 40.0 Å². The minimum absolute atomic E-state index is 0.220. The van der Waals surface area contributed by atoms with Crippen LogP contribution in [0.25, 0.3) is 0 Å². The second kappa shape index (κ2) is 7.76. The first-order valence-electron chi connectivity index (χ1n) is 8.80. The van der Waals surface area contributed by atoms with Crippen molar-refractivity contribution in [3.63, 3.8) is 0 Å². The average Bonchev–Trinajstić information content (AvgIpc) is 3.19. The monoisotopic (exact) mass is 424 g/mol. The number of hydrogen-bond acceptors (Lipinski definition) is 8. The van der Waals surface area contributed by atoms with Crippen LogP contribution < -0.4 is 10.6 Å². The Bertz CT molecular complexity index is 1140. The van der Waals surface area contributed by atoms with Gasteiger partial charge >= 0.3 is 0 Å². The maximum atomic E-state index is 13.0. The van der Waals surface area contributed by atoms with E-state index in [9.17, 15) is 14.4 Å². The van der Waals surface area contributed by atoms with E-state index in [0.29, 0.717) is 31.8 Å². The fourth-order valence-electron chi connectivity index (χ4n) is 3.05. The number of benzene rings is 2. The second-order valence-corrected chi connectivity index (χ2v) is 8.87. The molecule has 1 aliphatic rings. The van der Waals surface area contributed by atoms with Crippen molar-refractivity contribution in [3.05, 3.63) is 64.7 Å². The SMILES string of the molecule is CNc1nnc(SC(C)C(=O)Nc2cccc3c2C(=O)c2ccccc2C3=O)s1.